The molecule has 1 saturated heterocycles. The van der Waals surface area contributed by atoms with Gasteiger partial charge in [0.15, 0.2) is 5.76 Å². The van der Waals surface area contributed by atoms with Crippen molar-refractivity contribution in [2.45, 2.75) is 25.4 Å². The van der Waals surface area contributed by atoms with Crippen LogP contribution in [0.1, 0.15) is 30.5 Å². The topological polar surface area (TPSA) is 60.2 Å². The van der Waals surface area contributed by atoms with Crippen molar-refractivity contribution in [3.05, 3.63) is 48.3 Å². The summed E-state index contributed by atoms with van der Waals surface area (Å²) in [6.45, 7) is 1.72. The minimum Gasteiger partial charge on any atom is -0.461 e. The van der Waals surface area contributed by atoms with Crippen LogP contribution >= 0.6 is 0 Å². The first-order valence-corrected chi connectivity index (χ1v) is 7.53. The van der Waals surface area contributed by atoms with E-state index in [1.165, 1.54) is 12.1 Å². The van der Waals surface area contributed by atoms with Crippen molar-refractivity contribution in [1.29, 1.82) is 0 Å². The molecular weight excluding hydrogens is 280 g/mol. The van der Waals surface area contributed by atoms with E-state index in [1.54, 1.807) is 6.26 Å². The molecule has 1 fully saturated rings. The molecule has 0 N–H and O–H groups in total. The molecule has 4 heterocycles. The van der Waals surface area contributed by atoms with Crippen LogP contribution in [0.15, 0.2) is 45.7 Å². The Bertz CT molecular complexity index is 744. The van der Waals surface area contributed by atoms with Gasteiger partial charge in [-0.25, -0.2) is 0 Å². The van der Waals surface area contributed by atoms with Gasteiger partial charge in [0.05, 0.1) is 18.8 Å². The molecule has 0 radical (unpaired) electrons. The number of hydrogen-bond acceptors (Lipinski definition) is 5. The van der Waals surface area contributed by atoms with E-state index < -0.39 is 0 Å². The molecule has 1 atom stereocenters. The summed E-state index contributed by atoms with van der Waals surface area (Å²) in [5.41, 5.74) is 1.34. The predicted molar refractivity (Wildman–Crippen MR) is 79.8 cm³/mol. The Hall–Kier alpha value is -2.34. The molecule has 0 unspecified atom stereocenters. The van der Waals surface area contributed by atoms with Gasteiger partial charge in [-0.3, -0.25) is 4.90 Å². The van der Waals surface area contributed by atoms with Crippen molar-refractivity contribution in [1.82, 2.24) is 19.6 Å². The predicted octanol–water partition coefficient (Wildman–Crippen LogP) is 3.01. The Morgan fingerprint density at radius 2 is 2.27 bits per heavy atom. The maximum Gasteiger partial charge on any atom is 0.241 e. The molecule has 0 saturated carbocycles. The summed E-state index contributed by atoms with van der Waals surface area (Å²) in [6.07, 6.45) is 6.05. The molecule has 114 valence electrons. The SMILES string of the molecule is Cn1cccc1[C@@H]1CCCN1Cc1nc(-c2ccco2)no1. The number of aryl methyl sites for hydroxylation is 1. The molecule has 0 spiro atoms. The molecule has 1 aliphatic heterocycles. The summed E-state index contributed by atoms with van der Waals surface area (Å²) < 4.78 is 12.9. The van der Waals surface area contributed by atoms with Gasteiger partial charge in [-0.1, -0.05) is 5.16 Å². The van der Waals surface area contributed by atoms with Gasteiger partial charge in [0.1, 0.15) is 0 Å². The van der Waals surface area contributed by atoms with Crippen molar-refractivity contribution in [2.24, 2.45) is 7.05 Å². The van der Waals surface area contributed by atoms with E-state index >= 15 is 0 Å². The average Bonchev–Trinajstić information content (AvgIpc) is 3.25. The van der Waals surface area contributed by atoms with Crippen LogP contribution < -0.4 is 0 Å². The van der Waals surface area contributed by atoms with Crippen molar-refractivity contribution in [2.75, 3.05) is 6.54 Å². The summed E-state index contributed by atoms with van der Waals surface area (Å²) >= 11 is 0. The first-order chi connectivity index (χ1) is 10.8. The lowest BCUT2D eigenvalue weighted by atomic mass is 10.1. The molecule has 4 rings (SSSR count). The minimum atomic E-state index is 0.416. The molecule has 0 bridgehead atoms. The van der Waals surface area contributed by atoms with Crippen LogP contribution in [0.5, 0.6) is 0 Å². The number of rotatable bonds is 4. The van der Waals surface area contributed by atoms with Gasteiger partial charge in [0, 0.05) is 18.9 Å². The Labute approximate surface area is 128 Å². The highest BCUT2D eigenvalue weighted by Crippen LogP contribution is 2.33. The molecule has 0 aromatic carbocycles. The highest BCUT2D eigenvalue weighted by molar-refractivity contribution is 5.44. The van der Waals surface area contributed by atoms with E-state index in [4.69, 9.17) is 8.94 Å². The quantitative estimate of drug-likeness (QED) is 0.741. The van der Waals surface area contributed by atoms with E-state index in [0.29, 0.717) is 30.1 Å². The van der Waals surface area contributed by atoms with Crippen LogP contribution in [-0.2, 0) is 13.6 Å². The lowest BCUT2D eigenvalue weighted by molar-refractivity contribution is 0.207. The van der Waals surface area contributed by atoms with Crippen molar-refractivity contribution >= 4 is 0 Å². The average molecular weight is 298 g/mol. The fourth-order valence-corrected chi connectivity index (χ4v) is 3.17. The second kappa shape index (κ2) is 5.46. The Morgan fingerprint density at radius 1 is 1.32 bits per heavy atom. The first-order valence-electron chi connectivity index (χ1n) is 7.53. The number of nitrogens with zero attached hydrogens (tertiary/aromatic N) is 4. The van der Waals surface area contributed by atoms with E-state index in [1.807, 2.05) is 12.1 Å². The monoisotopic (exact) mass is 298 g/mol. The molecule has 3 aromatic rings. The van der Waals surface area contributed by atoms with Crippen LogP contribution in [0.2, 0.25) is 0 Å². The van der Waals surface area contributed by atoms with Gasteiger partial charge < -0.3 is 13.5 Å². The zero-order valence-electron chi connectivity index (χ0n) is 12.5. The van der Waals surface area contributed by atoms with Gasteiger partial charge in [-0.2, -0.15) is 4.98 Å². The number of hydrogen-bond donors (Lipinski definition) is 0. The second-order valence-electron chi connectivity index (χ2n) is 5.66. The summed E-state index contributed by atoms with van der Waals surface area (Å²) in [5, 5.41) is 3.99. The third kappa shape index (κ3) is 2.35. The number of likely N-dealkylation sites (tertiary alicyclic amines) is 1. The van der Waals surface area contributed by atoms with Crippen LogP contribution in [0.25, 0.3) is 11.6 Å². The highest BCUT2D eigenvalue weighted by atomic mass is 16.5. The lowest BCUT2D eigenvalue weighted by Gasteiger charge is -2.23. The molecular formula is C16H18N4O2. The highest BCUT2D eigenvalue weighted by Gasteiger charge is 2.29. The van der Waals surface area contributed by atoms with Gasteiger partial charge in [0.25, 0.3) is 0 Å². The Balaban J connectivity index is 1.52. The summed E-state index contributed by atoms with van der Waals surface area (Å²) in [6, 6.07) is 8.34. The molecule has 6 nitrogen and oxygen atoms in total. The number of aromatic nitrogens is 3. The van der Waals surface area contributed by atoms with Crippen molar-refractivity contribution in [3.63, 3.8) is 0 Å². The molecule has 6 heteroatoms. The van der Waals surface area contributed by atoms with Crippen LogP contribution in [0, 0.1) is 0 Å². The summed E-state index contributed by atoms with van der Waals surface area (Å²) in [4.78, 5) is 6.83. The van der Waals surface area contributed by atoms with Crippen molar-refractivity contribution in [3.8, 4) is 11.6 Å². The third-order valence-corrected chi connectivity index (χ3v) is 4.24. The Morgan fingerprint density at radius 3 is 3.05 bits per heavy atom. The van der Waals surface area contributed by atoms with Crippen LogP contribution in [0.3, 0.4) is 0 Å². The van der Waals surface area contributed by atoms with E-state index in [9.17, 15) is 0 Å². The fraction of sp³-hybridized carbons (Fsp3) is 0.375. The molecule has 1 aliphatic rings. The lowest BCUT2D eigenvalue weighted by Crippen LogP contribution is -2.24. The molecule has 3 aromatic heterocycles. The van der Waals surface area contributed by atoms with Gasteiger partial charge in [0.2, 0.25) is 11.7 Å². The first kappa shape index (κ1) is 13.3. The molecule has 22 heavy (non-hydrogen) atoms. The molecule has 0 amide bonds. The second-order valence-corrected chi connectivity index (χ2v) is 5.66. The van der Waals surface area contributed by atoms with Crippen molar-refractivity contribution < 1.29 is 8.94 Å². The maximum atomic E-state index is 5.38. The third-order valence-electron chi connectivity index (χ3n) is 4.24. The van der Waals surface area contributed by atoms with Crippen LogP contribution in [-0.4, -0.2) is 26.2 Å². The van der Waals surface area contributed by atoms with E-state index in [-0.39, 0.29) is 0 Å². The van der Waals surface area contributed by atoms with Gasteiger partial charge >= 0.3 is 0 Å². The smallest absolute Gasteiger partial charge is 0.241 e. The van der Waals surface area contributed by atoms with E-state index in [0.717, 1.165) is 13.0 Å². The van der Waals surface area contributed by atoms with Gasteiger partial charge in [-0.05, 0) is 43.7 Å². The zero-order chi connectivity index (χ0) is 14.9. The standard InChI is InChI=1S/C16H18N4O2/c1-19-8-2-5-12(19)13-6-3-9-20(13)11-15-17-16(18-22-15)14-7-4-10-21-14/h2,4-5,7-8,10,13H,3,6,9,11H2,1H3/t13-/m0/s1. The Kier molecular flexibility index (Phi) is 3.31. The summed E-state index contributed by atoms with van der Waals surface area (Å²) in [5.74, 6) is 1.78. The normalized spacial score (nSPS) is 19.0. The maximum absolute atomic E-state index is 5.38. The van der Waals surface area contributed by atoms with Crippen LogP contribution in [0.4, 0.5) is 0 Å². The molecule has 0 aliphatic carbocycles. The number of furan rings is 1. The zero-order valence-corrected chi connectivity index (χ0v) is 12.5. The summed E-state index contributed by atoms with van der Waals surface area (Å²) in [7, 11) is 2.09. The largest absolute Gasteiger partial charge is 0.461 e. The van der Waals surface area contributed by atoms with Gasteiger partial charge in [-0.15, -0.1) is 0 Å². The van der Waals surface area contributed by atoms with E-state index in [2.05, 4.69) is 45.0 Å². The minimum absolute atomic E-state index is 0.416. The fourth-order valence-electron chi connectivity index (χ4n) is 3.17.